The van der Waals surface area contributed by atoms with Gasteiger partial charge in [0.25, 0.3) is 5.69 Å². The molecule has 0 unspecified atom stereocenters. The van der Waals surface area contributed by atoms with Crippen molar-refractivity contribution in [2.24, 2.45) is 0 Å². The van der Waals surface area contributed by atoms with Crippen LogP contribution in [0.1, 0.15) is 5.69 Å². The van der Waals surface area contributed by atoms with E-state index in [4.69, 9.17) is 9.47 Å². The first-order valence-corrected chi connectivity index (χ1v) is 12.2. The summed E-state index contributed by atoms with van der Waals surface area (Å²) in [5.74, 6) is -0.895. The fraction of sp³-hybridized carbons (Fsp3) is 0.115. The van der Waals surface area contributed by atoms with Crippen LogP contribution in [0.2, 0.25) is 0 Å². The van der Waals surface area contributed by atoms with E-state index in [9.17, 15) is 32.5 Å². The average Bonchev–Trinajstić information content (AvgIpc) is 2.92. The molecule has 40 heavy (non-hydrogen) atoms. The summed E-state index contributed by atoms with van der Waals surface area (Å²) in [5, 5.41) is 13.5. The highest BCUT2D eigenvalue weighted by atomic mass is 32.2. The van der Waals surface area contributed by atoms with Gasteiger partial charge in [-0.25, -0.2) is 14.4 Å². The quantitative estimate of drug-likeness (QED) is 0.0768. The van der Waals surface area contributed by atoms with E-state index < -0.39 is 40.0 Å². The van der Waals surface area contributed by atoms with Crippen LogP contribution >= 0.6 is 11.8 Å². The Hall–Kier alpha value is -4.72. The molecule has 4 aromatic rings. The highest BCUT2D eigenvalue weighted by Gasteiger charge is 2.34. The number of benzene rings is 3. The number of anilines is 1. The number of amides is 1. The third-order valence-electron chi connectivity index (χ3n) is 5.15. The fourth-order valence-electron chi connectivity index (χ4n) is 3.33. The Labute approximate surface area is 228 Å². The number of halogens is 4. The number of alkyl halides is 3. The average molecular weight is 575 g/mol. The number of carbonyl (C=O) groups is 1. The number of methoxy groups -OCH3 is 1. The number of nitro groups is 1. The molecule has 0 aliphatic heterocycles. The van der Waals surface area contributed by atoms with Crippen LogP contribution in [0.25, 0.3) is 11.3 Å². The summed E-state index contributed by atoms with van der Waals surface area (Å²) >= 11 is 0.654. The molecule has 0 aliphatic rings. The van der Waals surface area contributed by atoms with Gasteiger partial charge >= 0.3 is 6.18 Å². The number of carbonyl (C=O) groups excluding carboxylic acids is 1. The Kier molecular flexibility index (Phi) is 8.48. The molecule has 9 nitrogen and oxygen atoms in total. The molecule has 1 N–H and O–H groups in total. The number of ether oxygens (including phenoxy) is 2. The van der Waals surface area contributed by atoms with Crippen LogP contribution in [0.15, 0.2) is 78.0 Å². The Morgan fingerprint density at radius 1 is 0.975 bits per heavy atom. The monoisotopic (exact) mass is 574 g/mol. The molecule has 4 rings (SSSR count). The summed E-state index contributed by atoms with van der Waals surface area (Å²) in [4.78, 5) is 31.0. The van der Waals surface area contributed by atoms with Crippen LogP contribution in [-0.4, -0.2) is 33.7 Å². The first-order chi connectivity index (χ1) is 19.0. The van der Waals surface area contributed by atoms with Gasteiger partial charge in [-0.05, 0) is 54.6 Å². The van der Waals surface area contributed by atoms with Gasteiger partial charge in [0.05, 0.1) is 35.2 Å². The zero-order chi connectivity index (χ0) is 28.9. The predicted molar refractivity (Wildman–Crippen MR) is 138 cm³/mol. The van der Waals surface area contributed by atoms with E-state index in [2.05, 4.69) is 15.3 Å². The largest absolute Gasteiger partial charge is 0.497 e. The molecule has 206 valence electrons. The maximum absolute atomic E-state index is 13.5. The van der Waals surface area contributed by atoms with Gasteiger partial charge < -0.3 is 14.8 Å². The number of hydrogen-bond acceptors (Lipinski definition) is 8. The second-order valence-electron chi connectivity index (χ2n) is 8.01. The number of non-ortho nitro benzene ring substituents is 1. The minimum atomic E-state index is -4.76. The van der Waals surface area contributed by atoms with Gasteiger partial charge in [-0.2, -0.15) is 13.2 Å². The molecular weight excluding hydrogens is 556 g/mol. The van der Waals surface area contributed by atoms with Crippen molar-refractivity contribution in [3.8, 4) is 28.5 Å². The summed E-state index contributed by atoms with van der Waals surface area (Å²) < 4.78 is 64.2. The van der Waals surface area contributed by atoms with Gasteiger partial charge in [-0.3, -0.25) is 14.9 Å². The van der Waals surface area contributed by atoms with Crippen molar-refractivity contribution in [2.75, 3.05) is 18.2 Å². The summed E-state index contributed by atoms with van der Waals surface area (Å²) in [7, 11) is 1.45. The van der Waals surface area contributed by atoms with Crippen molar-refractivity contribution in [1.29, 1.82) is 0 Å². The topological polar surface area (TPSA) is 116 Å². The third-order valence-corrected chi connectivity index (χ3v) is 6.00. The third kappa shape index (κ3) is 7.44. The van der Waals surface area contributed by atoms with E-state index in [1.54, 1.807) is 12.1 Å². The molecule has 1 heterocycles. The number of aromatic nitrogens is 2. The zero-order valence-electron chi connectivity index (χ0n) is 20.4. The first kappa shape index (κ1) is 28.3. The molecule has 0 aliphatic carbocycles. The summed E-state index contributed by atoms with van der Waals surface area (Å²) in [5.41, 5.74) is -1.20. The zero-order valence-corrected chi connectivity index (χ0v) is 21.3. The van der Waals surface area contributed by atoms with Crippen molar-refractivity contribution < 1.29 is 36.8 Å². The highest BCUT2D eigenvalue weighted by Crippen LogP contribution is 2.33. The van der Waals surface area contributed by atoms with Gasteiger partial charge in [0, 0.05) is 17.7 Å². The van der Waals surface area contributed by atoms with Crippen molar-refractivity contribution >= 4 is 29.0 Å². The van der Waals surface area contributed by atoms with Crippen molar-refractivity contribution in [3.63, 3.8) is 0 Å². The van der Waals surface area contributed by atoms with E-state index in [1.807, 2.05) is 0 Å². The summed E-state index contributed by atoms with van der Waals surface area (Å²) in [6.45, 7) is 0. The van der Waals surface area contributed by atoms with E-state index >= 15 is 0 Å². The maximum atomic E-state index is 13.5. The highest BCUT2D eigenvalue weighted by molar-refractivity contribution is 7.99. The Morgan fingerprint density at radius 2 is 1.65 bits per heavy atom. The summed E-state index contributed by atoms with van der Waals surface area (Å²) in [6.07, 6.45) is -4.76. The van der Waals surface area contributed by atoms with Gasteiger partial charge in [0.15, 0.2) is 5.16 Å². The molecule has 1 amide bonds. The first-order valence-electron chi connectivity index (χ1n) is 11.3. The Bertz CT molecular complexity index is 1530. The minimum Gasteiger partial charge on any atom is -0.497 e. The fourth-order valence-corrected chi connectivity index (χ4v) is 3.99. The molecule has 0 atom stereocenters. The lowest BCUT2D eigenvalue weighted by atomic mass is 10.1. The van der Waals surface area contributed by atoms with Crippen molar-refractivity contribution in [3.05, 3.63) is 94.4 Å². The molecule has 0 saturated heterocycles. The van der Waals surface area contributed by atoms with Gasteiger partial charge in [0.1, 0.15) is 28.8 Å². The number of nitrogens with one attached hydrogen (secondary N) is 1. The second kappa shape index (κ2) is 12.0. The molecular formula is C26H18F4N4O5S. The van der Waals surface area contributed by atoms with Crippen LogP contribution in [0.5, 0.6) is 17.2 Å². The van der Waals surface area contributed by atoms with Crippen LogP contribution in [-0.2, 0) is 11.0 Å². The van der Waals surface area contributed by atoms with Crippen LogP contribution in [0.3, 0.4) is 0 Å². The normalized spacial score (nSPS) is 11.1. The van der Waals surface area contributed by atoms with E-state index in [0.29, 0.717) is 23.1 Å². The Balaban J connectivity index is 1.51. The van der Waals surface area contributed by atoms with Gasteiger partial charge in [-0.15, -0.1) is 0 Å². The standard InChI is InChI=1S/C26H18F4N4O5S/c1-38-19-6-2-15(3-7-19)22-13-23(26(28,29)30)33-25(32-22)40-14-24(35)31-17-10-18(34(36)37)12-21(11-17)39-20-8-4-16(27)5-9-20/h2-13H,14H2,1H3,(H,31,35). The number of nitro benzene ring substituents is 1. The predicted octanol–water partition coefficient (Wildman–Crippen LogP) is 6.74. The lowest BCUT2D eigenvalue weighted by molar-refractivity contribution is -0.384. The molecule has 0 radical (unpaired) electrons. The van der Waals surface area contributed by atoms with E-state index in [0.717, 1.165) is 30.3 Å². The lowest BCUT2D eigenvalue weighted by Gasteiger charge is -2.11. The molecule has 1 aromatic heterocycles. The van der Waals surface area contributed by atoms with Gasteiger partial charge in [-0.1, -0.05) is 11.8 Å². The van der Waals surface area contributed by atoms with Crippen LogP contribution in [0.4, 0.5) is 28.9 Å². The molecule has 0 bridgehead atoms. The minimum absolute atomic E-state index is 0.000735. The number of hydrogen-bond donors (Lipinski definition) is 1. The number of rotatable bonds is 9. The SMILES string of the molecule is COc1ccc(-c2cc(C(F)(F)F)nc(SCC(=O)Nc3cc(Oc4ccc(F)cc4)cc([N+](=O)[O-])c3)n2)cc1. The van der Waals surface area contributed by atoms with Crippen LogP contribution < -0.4 is 14.8 Å². The molecule has 14 heteroatoms. The molecule has 0 saturated carbocycles. The molecule has 3 aromatic carbocycles. The second-order valence-corrected chi connectivity index (χ2v) is 8.96. The molecule has 0 spiro atoms. The summed E-state index contributed by atoms with van der Waals surface area (Å²) in [6, 6.07) is 15.4. The van der Waals surface area contributed by atoms with Crippen molar-refractivity contribution in [2.45, 2.75) is 11.3 Å². The number of nitrogens with zero attached hydrogens (tertiary/aromatic N) is 3. The van der Waals surface area contributed by atoms with E-state index in [1.165, 1.54) is 37.4 Å². The van der Waals surface area contributed by atoms with E-state index in [-0.39, 0.29) is 28.0 Å². The van der Waals surface area contributed by atoms with Crippen LogP contribution in [0, 0.1) is 15.9 Å². The molecule has 0 fully saturated rings. The number of thioether (sulfide) groups is 1. The van der Waals surface area contributed by atoms with Crippen molar-refractivity contribution in [1.82, 2.24) is 9.97 Å². The Morgan fingerprint density at radius 3 is 2.27 bits per heavy atom. The maximum Gasteiger partial charge on any atom is 0.433 e. The lowest BCUT2D eigenvalue weighted by Crippen LogP contribution is -2.15. The van der Waals surface area contributed by atoms with Gasteiger partial charge in [0.2, 0.25) is 5.91 Å². The smallest absolute Gasteiger partial charge is 0.433 e.